The number of nitrogens with zero attached hydrogens (tertiary/aromatic N) is 2. The highest BCUT2D eigenvalue weighted by Crippen LogP contribution is 2.28. The van der Waals surface area contributed by atoms with Crippen LogP contribution in [0.3, 0.4) is 0 Å². The number of ether oxygens (including phenoxy) is 1. The maximum absolute atomic E-state index is 12.3. The summed E-state index contributed by atoms with van der Waals surface area (Å²) in [5.41, 5.74) is 0.332. The number of alkyl halides is 2. The van der Waals surface area contributed by atoms with E-state index in [1.54, 1.807) is 24.4 Å². The molecule has 0 radical (unpaired) electrons. The second kappa shape index (κ2) is 6.47. The third-order valence-corrected chi connectivity index (χ3v) is 3.01. The minimum absolute atomic E-state index is 0.00963. The SMILES string of the molecule is CCn1ccnc1CC(O)c1ccccc1OC(F)F. The van der Waals surface area contributed by atoms with Crippen molar-refractivity contribution in [2.24, 2.45) is 0 Å². The van der Waals surface area contributed by atoms with Gasteiger partial charge in [-0.15, -0.1) is 0 Å². The van der Waals surface area contributed by atoms with Crippen LogP contribution >= 0.6 is 0 Å². The number of imidazole rings is 1. The molecule has 20 heavy (non-hydrogen) atoms. The zero-order valence-electron chi connectivity index (χ0n) is 11.0. The molecular formula is C14H16F2N2O2. The van der Waals surface area contributed by atoms with Gasteiger partial charge in [-0.05, 0) is 13.0 Å². The van der Waals surface area contributed by atoms with Crippen molar-refractivity contribution in [3.63, 3.8) is 0 Å². The summed E-state index contributed by atoms with van der Waals surface area (Å²) in [6, 6.07) is 6.24. The summed E-state index contributed by atoms with van der Waals surface area (Å²) in [5, 5.41) is 10.2. The van der Waals surface area contributed by atoms with Crippen LogP contribution in [0.2, 0.25) is 0 Å². The van der Waals surface area contributed by atoms with Crippen LogP contribution in [0.25, 0.3) is 0 Å². The van der Waals surface area contributed by atoms with Gasteiger partial charge in [0.25, 0.3) is 0 Å². The minimum Gasteiger partial charge on any atom is -0.434 e. The molecule has 1 atom stereocenters. The summed E-state index contributed by atoms with van der Waals surface area (Å²) in [7, 11) is 0. The van der Waals surface area contributed by atoms with Gasteiger partial charge >= 0.3 is 6.61 Å². The van der Waals surface area contributed by atoms with Crippen molar-refractivity contribution in [3.05, 3.63) is 48.0 Å². The Hall–Kier alpha value is -1.95. The number of hydrogen-bond donors (Lipinski definition) is 1. The molecule has 108 valence electrons. The van der Waals surface area contributed by atoms with E-state index in [4.69, 9.17) is 0 Å². The van der Waals surface area contributed by atoms with Gasteiger partial charge in [0.1, 0.15) is 11.6 Å². The highest BCUT2D eigenvalue weighted by atomic mass is 19.3. The van der Waals surface area contributed by atoms with Crippen LogP contribution < -0.4 is 4.74 Å². The number of hydrogen-bond acceptors (Lipinski definition) is 3. The molecule has 1 heterocycles. The smallest absolute Gasteiger partial charge is 0.387 e. The van der Waals surface area contributed by atoms with E-state index < -0.39 is 12.7 Å². The fraction of sp³-hybridized carbons (Fsp3) is 0.357. The predicted molar refractivity (Wildman–Crippen MR) is 69.6 cm³/mol. The molecule has 0 saturated heterocycles. The van der Waals surface area contributed by atoms with Crippen molar-refractivity contribution in [1.29, 1.82) is 0 Å². The van der Waals surface area contributed by atoms with Crippen molar-refractivity contribution in [3.8, 4) is 5.75 Å². The molecule has 0 aliphatic rings. The molecule has 0 spiro atoms. The standard InChI is InChI=1S/C14H16F2N2O2/c1-2-18-8-7-17-13(18)9-11(19)10-5-3-4-6-12(10)20-14(15)16/h3-8,11,14,19H,2,9H2,1H3. The molecule has 1 N–H and O–H groups in total. The van der Waals surface area contributed by atoms with Crippen LogP contribution in [0.5, 0.6) is 5.75 Å². The number of aliphatic hydroxyl groups is 1. The Morgan fingerprint density at radius 2 is 2.10 bits per heavy atom. The molecule has 0 bridgehead atoms. The lowest BCUT2D eigenvalue weighted by Crippen LogP contribution is -2.11. The van der Waals surface area contributed by atoms with E-state index in [2.05, 4.69) is 9.72 Å². The normalized spacial score (nSPS) is 12.7. The van der Waals surface area contributed by atoms with Gasteiger partial charge in [-0.25, -0.2) is 4.98 Å². The van der Waals surface area contributed by atoms with E-state index in [-0.39, 0.29) is 12.2 Å². The van der Waals surface area contributed by atoms with Crippen LogP contribution in [-0.2, 0) is 13.0 Å². The minimum atomic E-state index is -2.92. The lowest BCUT2D eigenvalue weighted by atomic mass is 10.1. The Kier molecular flexibility index (Phi) is 4.68. The third kappa shape index (κ3) is 3.33. The quantitative estimate of drug-likeness (QED) is 0.886. The number of aromatic nitrogens is 2. The van der Waals surface area contributed by atoms with Crippen LogP contribution in [-0.4, -0.2) is 21.3 Å². The van der Waals surface area contributed by atoms with Gasteiger partial charge in [0.05, 0.1) is 6.10 Å². The largest absolute Gasteiger partial charge is 0.434 e. The summed E-state index contributed by atoms with van der Waals surface area (Å²) in [4.78, 5) is 4.16. The number of halogens is 2. The predicted octanol–water partition coefficient (Wildman–Crippen LogP) is 2.78. The van der Waals surface area contributed by atoms with Crippen LogP contribution in [0.1, 0.15) is 24.4 Å². The van der Waals surface area contributed by atoms with Gasteiger partial charge in [-0.3, -0.25) is 0 Å². The summed E-state index contributed by atoms with van der Waals surface area (Å²) in [6.45, 7) is -0.219. The van der Waals surface area contributed by atoms with Crippen LogP contribution in [0.4, 0.5) is 8.78 Å². The Balaban J connectivity index is 2.18. The second-order valence-electron chi connectivity index (χ2n) is 4.27. The molecule has 1 aromatic carbocycles. The van der Waals surface area contributed by atoms with Gasteiger partial charge in [0.2, 0.25) is 0 Å². The van der Waals surface area contributed by atoms with Crippen molar-refractivity contribution < 1.29 is 18.6 Å². The number of aliphatic hydroxyl groups excluding tert-OH is 1. The first kappa shape index (κ1) is 14.5. The van der Waals surface area contributed by atoms with Gasteiger partial charge in [0, 0.05) is 30.9 Å². The molecule has 6 heteroatoms. The molecule has 0 fully saturated rings. The van der Waals surface area contributed by atoms with Crippen LogP contribution in [0, 0.1) is 0 Å². The Morgan fingerprint density at radius 3 is 2.80 bits per heavy atom. The lowest BCUT2D eigenvalue weighted by Gasteiger charge is -2.16. The molecule has 0 amide bonds. The van der Waals surface area contributed by atoms with Gasteiger partial charge in [0.15, 0.2) is 0 Å². The molecule has 0 aliphatic carbocycles. The first-order chi connectivity index (χ1) is 9.61. The molecule has 1 unspecified atom stereocenters. The van der Waals surface area contributed by atoms with Crippen molar-refractivity contribution in [1.82, 2.24) is 9.55 Å². The number of rotatable bonds is 6. The average molecular weight is 282 g/mol. The zero-order chi connectivity index (χ0) is 14.5. The van der Waals surface area contributed by atoms with Crippen molar-refractivity contribution >= 4 is 0 Å². The van der Waals surface area contributed by atoms with Gasteiger partial charge in [-0.1, -0.05) is 18.2 Å². The first-order valence-corrected chi connectivity index (χ1v) is 6.33. The molecule has 1 aromatic heterocycles. The molecule has 4 nitrogen and oxygen atoms in total. The Bertz CT molecular complexity index is 558. The van der Waals surface area contributed by atoms with E-state index in [9.17, 15) is 13.9 Å². The lowest BCUT2D eigenvalue weighted by molar-refractivity contribution is -0.0515. The van der Waals surface area contributed by atoms with E-state index in [1.165, 1.54) is 6.07 Å². The van der Waals surface area contributed by atoms with Gasteiger partial charge < -0.3 is 14.4 Å². The zero-order valence-corrected chi connectivity index (χ0v) is 11.0. The fourth-order valence-corrected chi connectivity index (χ4v) is 2.06. The Morgan fingerprint density at radius 1 is 1.35 bits per heavy atom. The summed E-state index contributed by atoms with van der Waals surface area (Å²) in [6.07, 6.45) is 2.75. The van der Waals surface area contributed by atoms with E-state index in [1.807, 2.05) is 17.7 Å². The summed E-state index contributed by atoms with van der Waals surface area (Å²) >= 11 is 0. The summed E-state index contributed by atoms with van der Waals surface area (Å²) in [5.74, 6) is 0.691. The van der Waals surface area contributed by atoms with E-state index >= 15 is 0 Å². The number of benzene rings is 1. The second-order valence-corrected chi connectivity index (χ2v) is 4.27. The molecule has 2 aromatic rings. The highest BCUT2D eigenvalue weighted by molar-refractivity contribution is 5.35. The fourth-order valence-electron chi connectivity index (χ4n) is 2.06. The van der Waals surface area contributed by atoms with E-state index in [0.29, 0.717) is 11.4 Å². The topological polar surface area (TPSA) is 47.3 Å². The molecular weight excluding hydrogens is 266 g/mol. The van der Waals surface area contributed by atoms with Crippen molar-refractivity contribution in [2.45, 2.75) is 32.6 Å². The average Bonchev–Trinajstić information content (AvgIpc) is 2.85. The third-order valence-electron chi connectivity index (χ3n) is 3.01. The first-order valence-electron chi connectivity index (χ1n) is 6.33. The van der Waals surface area contributed by atoms with E-state index in [0.717, 1.165) is 6.54 Å². The van der Waals surface area contributed by atoms with Gasteiger partial charge in [-0.2, -0.15) is 8.78 Å². The maximum atomic E-state index is 12.3. The number of aryl methyl sites for hydroxylation is 1. The summed E-state index contributed by atoms with van der Waals surface area (Å²) < 4.78 is 31.0. The maximum Gasteiger partial charge on any atom is 0.387 e. The molecule has 2 rings (SSSR count). The molecule has 0 saturated carbocycles. The number of para-hydroxylation sites is 1. The van der Waals surface area contributed by atoms with Crippen molar-refractivity contribution in [2.75, 3.05) is 0 Å². The van der Waals surface area contributed by atoms with Crippen LogP contribution in [0.15, 0.2) is 36.7 Å². The highest BCUT2D eigenvalue weighted by Gasteiger charge is 2.18. The monoisotopic (exact) mass is 282 g/mol. The molecule has 0 aliphatic heterocycles. The Labute approximate surface area is 115 Å².